The maximum absolute atomic E-state index is 5.70. The Morgan fingerprint density at radius 3 is 2.62 bits per heavy atom. The van der Waals surface area contributed by atoms with Crippen LogP contribution >= 0.6 is 0 Å². The lowest BCUT2D eigenvalue weighted by atomic mass is 9.87. The highest BCUT2D eigenvalue weighted by Crippen LogP contribution is 2.25. The van der Waals surface area contributed by atoms with Crippen molar-refractivity contribution < 1.29 is 4.74 Å². The van der Waals surface area contributed by atoms with E-state index in [1.54, 1.807) is 0 Å². The smallest absolute Gasteiger partial charge is 0.119 e. The van der Waals surface area contributed by atoms with Crippen LogP contribution in [0.1, 0.15) is 32.8 Å². The topological polar surface area (TPSA) is 21.3 Å². The minimum atomic E-state index is 0.185. The van der Waals surface area contributed by atoms with Crippen LogP contribution in [0.4, 0.5) is 0 Å². The van der Waals surface area contributed by atoms with E-state index in [-0.39, 0.29) is 5.41 Å². The van der Waals surface area contributed by atoms with E-state index in [0.29, 0.717) is 0 Å². The molecule has 1 aromatic rings. The van der Waals surface area contributed by atoms with E-state index in [0.717, 1.165) is 25.3 Å². The average molecular weight is 221 g/mol. The summed E-state index contributed by atoms with van der Waals surface area (Å²) in [7, 11) is 1.96. The molecule has 1 aromatic carbocycles. The Labute approximate surface area is 99.0 Å². The largest absolute Gasteiger partial charge is 0.494 e. The van der Waals surface area contributed by atoms with Gasteiger partial charge in [-0.2, -0.15) is 0 Å². The van der Waals surface area contributed by atoms with Crippen molar-refractivity contribution >= 4 is 0 Å². The van der Waals surface area contributed by atoms with Crippen molar-refractivity contribution in [1.82, 2.24) is 5.32 Å². The zero-order chi connectivity index (χ0) is 12.0. The Balaban J connectivity index is 2.54. The molecule has 0 unspecified atom stereocenters. The highest BCUT2D eigenvalue weighted by Gasteiger charge is 2.13. The van der Waals surface area contributed by atoms with Crippen LogP contribution in [-0.4, -0.2) is 20.2 Å². The summed E-state index contributed by atoms with van der Waals surface area (Å²) < 4.78 is 5.70. The summed E-state index contributed by atoms with van der Waals surface area (Å²) in [5.41, 5.74) is 1.50. The Kier molecular flexibility index (Phi) is 4.81. The molecule has 0 radical (unpaired) electrons. The zero-order valence-corrected chi connectivity index (χ0v) is 10.8. The van der Waals surface area contributed by atoms with E-state index in [4.69, 9.17) is 4.74 Å². The quantitative estimate of drug-likeness (QED) is 0.772. The fourth-order valence-electron chi connectivity index (χ4n) is 1.49. The van der Waals surface area contributed by atoms with Crippen LogP contribution in [0.5, 0.6) is 5.75 Å². The molecular formula is C14H23NO. The molecule has 0 aliphatic heterocycles. The lowest BCUT2D eigenvalue weighted by molar-refractivity contribution is 0.309. The Morgan fingerprint density at radius 1 is 1.25 bits per heavy atom. The lowest BCUT2D eigenvalue weighted by Gasteiger charge is -2.19. The number of hydrogen-bond acceptors (Lipinski definition) is 2. The molecule has 0 saturated carbocycles. The number of rotatable bonds is 5. The van der Waals surface area contributed by atoms with Gasteiger partial charge in [-0.25, -0.2) is 0 Å². The van der Waals surface area contributed by atoms with E-state index < -0.39 is 0 Å². The summed E-state index contributed by atoms with van der Waals surface area (Å²) in [6, 6.07) is 8.38. The summed E-state index contributed by atoms with van der Waals surface area (Å²) in [6.45, 7) is 8.42. The van der Waals surface area contributed by atoms with Gasteiger partial charge in [0.15, 0.2) is 0 Å². The van der Waals surface area contributed by atoms with Gasteiger partial charge in [0.25, 0.3) is 0 Å². The molecule has 0 bridgehead atoms. The normalized spacial score (nSPS) is 11.5. The summed E-state index contributed by atoms with van der Waals surface area (Å²) in [5.74, 6) is 0.975. The zero-order valence-electron chi connectivity index (χ0n) is 10.8. The third kappa shape index (κ3) is 4.23. The summed E-state index contributed by atoms with van der Waals surface area (Å²) in [4.78, 5) is 0. The predicted molar refractivity (Wildman–Crippen MR) is 69.2 cm³/mol. The van der Waals surface area contributed by atoms with E-state index in [1.165, 1.54) is 5.56 Å². The molecule has 0 aliphatic rings. The van der Waals surface area contributed by atoms with Crippen LogP contribution in [-0.2, 0) is 5.41 Å². The molecule has 0 spiro atoms. The van der Waals surface area contributed by atoms with Crippen LogP contribution < -0.4 is 10.1 Å². The van der Waals surface area contributed by atoms with Crippen LogP contribution in [0.15, 0.2) is 24.3 Å². The first-order chi connectivity index (χ1) is 7.54. The molecule has 0 aliphatic carbocycles. The number of nitrogens with one attached hydrogen (secondary N) is 1. The van der Waals surface area contributed by atoms with Crippen molar-refractivity contribution in [3.63, 3.8) is 0 Å². The first kappa shape index (κ1) is 13.0. The van der Waals surface area contributed by atoms with Crippen molar-refractivity contribution in [3.05, 3.63) is 29.8 Å². The molecule has 0 saturated heterocycles. The molecule has 0 atom stereocenters. The summed E-state index contributed by atoms with van der Waals surface area (Å²) in [6.07, 6.45) is 1.04. The van der Waals surface area contributed by atoms with E-state index in [2.05, 4.69) is 44.3 Å². The van der Waals surface area contributed by atoms with E-state index in [9.17, 15) is 0 Å². The van der Waals surface area contributed by atoms with Gasteiger partial charge in [0.2, 0.25) is 0 Å². The Bertz CT molecular complexity index is 315. The fraction of sp³-hybridized carbons (Fsp3) is 0.571. The second-order valence-electron chi connectivity index (χ2n) is 5.08. The van der Waals surface area contributed by atoms with Gasteiger partial charge >= 0.3 is 0 Å². The second-order valence-corrected chi connectivity index (χ2v) is 5.08. The molecule has 2 heteroatoms. The van der Waals surface area contributed by atoms with Gasteiger partial charge in [0.1, 0.15) is 5.75 Å². The van der Waals surface area contributed by atoms with Crippen LogP contribution in [0.25, 0.3) is 0 Å². The number of ether oxygens (including phenoxy) is 1. The minimum absolute atomic E-state index is 0.185. The lowest BCUT2D eigenvalue weighted by Crippen LogP contribution is -2.13. The second kappa shape index (κ2) is 5.90. The van der Waals surface area contributed by atoms with Gasteiger partial charge in [-0.1, -0.05) is 32.9 Å². The van der Waals surface area contributed by atoms with Crippen LogP contribution in [0.2, 0.25) is 0 Å². The molecule has 1 N–H and O–H groups in total. The highest BCUT2D eigenvalue weighted by atomic mass is 16.5. The number of hydrogen-bond donors (Lipinski definition) is 1. The average Bonchev–Trinajstić information content (AvgIpc) is 2.24. The first-order valence-electron chi connectivity index (χ1n) is 5.92. The molecule has 16 heavy (non-hydrogen) atoms. The summed E-state index contributed by atoms with van der Waals surface area (Å²) in [5, 5.41) is 3.11. The molecule has 90 valence electrons. The van der Waals surface area contributed by atoms with Crippen molar-refractivity contribution in [2.75, 3.05) is 20.2 Å². The Morgan fingerprint density at radius 2 is 2.00 bits per heavy atom. The van der Waals surface area contributed by atoms with Gasteiger partial charge in [-0.3, -0.25) is 0 Å². The Hall–Kier alpha value is -1.02. The molecular weight excluding hydrogens is 198 g/mol. The molecule has 2 nitrogen and oxygen atoms in total. The van der Waals surface area contributed by atoms with E-state index in [1.807, 2.05) is 13.1 Å². The van der Waals surface area contributed by atoms with Crippen molar-refractivity contribution in [2.24, 2.45) is 0 Å². The monoisotopic (exact) mass is 221 g/mol. The molecule has 0 amide bonds. The molecule has 1 rings (SSSR count). The highest BCUT2D eigenvalue weighted by molar-refractivity contribution is 5.32. The van der Waals surface area contributed by atoms with Gasteiger partial charge in [0, 0.05) is 0 Å². The number of benzene rings is 1. The predicted octanol–water partition coefficient (Wildman–Crippen LogP) is 2.97. The standard InChI is InChI=1S/C14H23NO/c1-14(2,3)12-7-5-8-13(11-12)16-10-6-9-15-4/h5,7-8,11,15H,6,9-10H2,1-4H3. The van der Waals surface area contributed by atoms with Crippen LogP contribution in [0, 0.1) is 0 Å². The molecule has 0 aromatic heterocycles. The maximum atomic E-state index is 5.70. The van der Waals surface area contributed by atoms with Gasteiger partial charge < -0.3 is 10.1 Å². The first-order valence-corrected chi connectivity index (χ1v) is 5.92. The molecule has 0 heterocycles. The van der Waals surface area contributed by atoms with E-state index >= 15 is 0 Å². The SMILES string of the molecule is CNCCCOc1cccc(C(C)(C)C)c1. The van der Waals surface area contributed by atoms with Gasteiger partial charge in [-0.05, 0) is 43.1 Å². The fourth-order valence-corrected chi connectivity index (χ4v) is 1.49. The van der Waals surface area contributed by atoms with Crippen molar-refractivity contribution in [1.29, 1.82) is 0 Å². The van der Waals surface area contributed by atoms with Crippen molar-refractivity contribution in [2.45, 2.75) is 32.6 Å². The van der Waals surface area contributed by atoms with Crippen LogP contribution in [0.3, 0.4) is 0 Å². The minimum Gasteiger partial charge on any atom is -0.494 e. The summed E-state index contributed by atoms with van der Waals surface area (Å²) >= 11 is 0. The molecule has 0 fully saturated rings. The van der Waals surface area contributed by atoms with Crippen molar-refractivity contribution in [3.8, 4) is 5.75 Å². The van der Waals surface area contributed by atoms with Gasteiger partial charge in [-0.15, -0.1) is 0 Å². The van der Waals surface area contributed by atoms with Gasteiger partial charge in [0.05, 0.1) is 6.61 Å². The maximum Gasteiger partial charge on any atom is 0.119 e. The third-order valence-corrected chi connectivity index (χ3v) is 2.54. The third-order valence-electron chi connectivity index (χ3n) is 2.54.